The Kier molecular flexibility index (Phi) is 5.12. The van der Waals surface area contributed by atoms with E-state index in [0.717, 1.165) is 23.7 Å². The standard InChI is InChI=1S/C15H22N4O/c1-4-19-11-17-18-15(19)10-16-12(3)13-8-6-7-9-14(13)20-5-2/h6-9,11-12,16H,4-5,10H2,1-3H3. The maximum atomic E-state index is 5.67. The lowest BCUT2D eigenvalue weighted by atomic mass is 10.1. The summed E-state index contributed by atoms with van der Waals surface area (Å²) >= 11 is 0. The molecular formula is C15H22N4O. The number of para-hydroxylation sites is 1. The van der Waals surface area contributed by atoms with Gasteiger partial charge in [0, 0.05) is 18.2 Å². The summed E-state index contributed by atoms with van der Waals surface area (Å²) in [6, 6.07) is 8.32. The van der Waals surface area contributed by atoms with E-state index in [1.807, 2.05) is 29.7 Å². The van der Waals surface area contributed by atoms with E-state index in [-0.39, 0.29) is 6.04 Å². The molecule has 0 aliphatic rings. The average molecular weight is 274 g/mol. The summed E-state index contributed by atoms with van der Waals surface area (Å²) in [5.74, 6) is 1.89. The molecule has 20 heavy (non-hydrogen) atoms. The lowest BCUT2D eigenvalue weighted by Crippen LogP contribution is -2.21. The number of nitrogens with zero attached hydrogens (tertiary/aromatic N) is 3. The van der Waals surface area contributed by atoms with Gasteiger partial charge in [-0.25, -0.2) is 0 Å². The second-order valence-electron chi connectivity index (χ2n) is 4.61. The molecule has 0 fully saturated rings. The van der Waals surface area contributed by atoms with Crippen LogP contribution in [0, 0.1) is 0 Å². The highest BCUT2D eigenvalue weighted by Gasteiger charge is 2.12. The molecule has 108 valence electrons. The second kappa shape index (κ2) is 7.05. The Balaban J connectivity index is 2.03. The normalized spacial score (nSPS) is 12.3. The van der Waals surface area contributed by atoms with Crippen molar-refractivity contribution in [3.8, 4) is 5.75 Å². The van der Waals surface area contributed by atoms with Crippen molar-refractivity contribution in [2.75, 3.05) is 6.61 Å². The second-order valence-corrected chi connectivity index (χ2v) is 4.61. The molecule has 1 heterocycles. The third kappa shape index (κ3) is 3.36. The van der Waals surface area contributed by atoms with E-state index in [2.05, 4.69) is 35.4 Å². The lowest BCUT2D eigenvalue weighted by Gasteiger charge is -2.17. The summed E-state index contributed by atoms with van der Waals surface area (Å²) in [5, 5.41) is 11.5. The number of hydrogen-bond donors (Lipinski definition) is 1. The number of aromatic nitrogens is 3. The van der Waals surface area contributed by atoms with Crippen LogP contribution in [0.4, 0.5) is 0 Å². The van der Waals surface area contributed by atoms with E-state index < -0.39 is 0 Å². The molecule has 2 rings (SSSR count). The molecule has 0 aliphatic heterocycles. The van der Waals surface area contributed by atoms with Gasteiger partial charge in [-0.2, -0.15) is 0 Å². The molecule has 1 aromatic heterocycles. The van der Waals surface area contributed by atoms with Gasteiger partial charge in [-0.3, -0.25) is 0 Å². The molecule has 5 nitrogen and oxygen atoms in total. The van der Waals surface area contributed by atoms with Crippen LogP contribution in [0.3, 0.4) is 0 Å². The molecule has 0 amide bonds. The van der Waals surface area contributed by atoms with Gasteiger partial charge >= 0.3 is 0 Å². The zero-order valence-electron chi connectivity index (χ0n) is 12.3. The Bertz CT molecular complexity index is 538. The third-order valence-electron chi connectivity index (χ3n) is 3.29. The molecule has 0 saturated heterocycles. The van der Waals surface area contributed by atoms with Crippen LogP contribution in [0.1, 0.15) is 38.2 Å². The minimum Gasteiger partial charge on any atom is -0.494 e. The van der Waals surface area contributed by atoms with Crippen molar-refractivity contribution in [3.05, 3.63) is 42.0 Å². The van der Waals surface area contributed by atoms with Crippen molar-refractivity contribution in [3.63, 3.8) is 0 Å². The maximum Gasteiger partial charge on any atom is 0.146 e. The molecule has 0 aliphatic carbocycles. The zero-order chi connectivity index (χ0) is 14.4. The first-order chi connectivity index (χ1) is 9.76. The molecule has 0 spiro atoms. The van der Waals surface area contributed by atoms with Crippen LogP contribution in [-0.2, 0) is 13.1 Å². The highest BCUT2D eigenvalue weighted by atomic mass is 16.5. The Morgan fingerprint density at radius 3 is 2.85 bits per heavy atom. The van der Waals surface area contributed by atoms with E-state index in [1.54, 1.807) is 6.33 Å². The molecule has 0 radical (unpaired) electrons. The van der Waals surface area contributed by atoms with Crippen LogP contribution in [0.25, 0.3) is 0 Å². The van der Waals surface area contributed by atoms with Gasteiger partial charge in [0.2, 0.25) is 0 Å². The van der Waals surface area contributed by atoms with Crippen LogP contribution in [0.2, 0.25) is 0 Å². The fraction of sp³-hybridized carbons (Fsp3) is 0.467. The lowest BCUT2D eigenvalue weighted by molar-refractivity contribution is 0.332. The van der Waals surface area contributed by atoms with Crippen molar-refractivity contribution in [1.29, 1.82) is 0 Å². The van der Waals surface area contributed by atoms with Crippen molar-refractivity contribution in [2.24, 2.45) is 0 Å². The summed E-state index contributed by atoms with van der Waals surface area (Å²) in [4.78, 5) is 0. The molecule has 0 saturated carbocycles. The van der Waals surface area contributed by atoms with E-state index in [9.17, 15) is 0 Å². The predicted molar refractivity (Wildman–Crippen MR) is 78.6 cm³/mol. The number of aryl methyl sites for hydroxylation is 1. The van der Waals surface area contributed by atoms with Crippen molar-refractivity contribution >= 4 is 0 Å². The molecule has 5 heteroatoms. The van der Waals surface area contributed by atoms with Crippen molar-refractivity contribution in [2.45, 2.75) is 39.9 Å². The molecule has 1 N–H and O–H groups in total. The van der Waals surface area contributed by atoms with Gasteiger partial charge in [-0.15, -0.1) is 10.2 Å². The van der Waals surface area contributed by atoms with Crippen LogP contribution < -0.4 is 10.1 Å². The van der Waals surface area contributed by atoms with E-state index in [0.29, 0.717) is 13.2 Å². The first kappa shape index (κ1) is 14.5. The van der Waals surface area contributed by atoms with Crippen LogP contribution in [0.15, 0.2) is 30.6 Å². The fourth-order valence-electron chi connectivity index (χ4n) is 2.16. The maximum absolute atomic E-state index is 5.67. The SMILES string of the molecule is CCOc1ccccc1C(C)NCc1nncn1CC. The summed E-state index contributed by atoms with van der Waals surface area (Å²) in [7, 11) is 0. The average Bonchev–Trinajstić information content (AvgIpc) is 2.93. The summed E-state index contributed by atoms with van der Waals surface area (Å²) < 4.78 is 7.70. The molecule has 0 bridgehead atoms. The van der Waals surface area contributed by atoms with Crippen molar-refractivity contribution < 1.29 is 4.74 Å². The van der Waals surface area contributed by atoms with Gasteiger partial charge < -0.3 is 14.6 Å². The van der Waals surface area contributed by atoms with Gasteiger partial charge in [0.25, 0.3) is 0 Å². The monoisotopic (exact) mass is 274 g/mol. The Morgan fingerprint density at radius 1 is 1.30 bits per heavy atom. The van der Waals surface area contributed by atoms with Gasteiger partial charge in [-0.05, 0) is 26.8 Å². The number of hydrogen-bond acceptors (Lipinski definition) is 4. The molecule has 1 atom stereocenters. The molecule has 1 aromatic carbocycles. The van der Waals surface area contributed by atoms with E-state index >= 15 is 0 Å². The smallest absolute Gasteiger partial charge is 0.146 e. The Hall–Kier alpha value is -1.88. The highest BCUT2D eigenvalue weighted by Crippen LogP contribution is 2.24. The number of benzene rings is 1. The van der Waals surface area contributed by atoms with Gasteiger partial charge in [-0.1, -0.05) is 18.2 Å². The fourth-order valence-corrected chi connectivity index (χ4v) is 2.16. The van der Waals surface area contributed by atoms with Gasteiger partial charge in [0.15, 0.2) is 0 Å². The zero-order valence-corrected chi connectivity index (χ0v) is 12.3. The van der Waals surface area contributed by atoms with Crippen LogP contribution >= 0.6 is 0 Å². The minimum atomic E-state index is 0.194. The first-order valence-electron chi connectivity index (χ1n) is 7.08. The quantitative estimate of drug-likeness (QED) is 0.843. The third-order valence-corrected chi connectivity index (χ3v) is 3.29. The number of nitrogens with one attached hydrogen (secondary N) is 1. The number of rotatable bonds is 7. The summed E-state index contributed by atoms with van der Waals surface area (Å²) in [6.45, 7) is 8.46. The Labute approximate surface area is 120 Å². The van der Waals surface area contributed by atoms with Gasteiger partial charge in [0.1, 0.15) is 17.9 Å². The largest absolute Gasteiger partial charge is 0.494 e. The van der Waals surface area contributed by atoms with E-state index in [1.165, 1.54) is 0 Å². The molecule has 2 aromatic rings. The van der Waals surface area contributed by atoms with Crippen molar-refractivity contribution in [1.82, 2.24) is 20.1 Å². The molecule has 1 unspecified atom stereocenters. The molecular weight excluding hydrogens is 252 g/mol. The minimum absolute atomic E-state index is 0.194. The highest BCUT2D eigenvalue weighted by molar-refractivity contribution is 5.35. The summed E-state index contributed by atoms with van der Waals surface area (Å²) in [6.07, 6.45) is 1.76. The van der Waals surface area contributed by atoms with E-state index in [4.69, 9.17) is 4.74 Å². The predicted octanol–water partition coefficient (Wildman–Crippen LogP) is 2.55. The topological polar surface area (TPSA) is 52.0 Å². The van der Waals surface area contributed by atoms with Crippen LogP contribution in [0.5, 0.6) is 5.75 Å². The number of ether oxygens (including phenoxy) is 1. The Morgan fingerprint density at radius 2 is 2.10 bits per heavy atom. The first-order valence-corrected chi connectivity index (χ1v) is 7.08. The summed E-state index contributed by atoms with van der Waals surface area (Å²) in [5.41, 5.74) is 1.16. The van der Waals surface area contributed by atoms with Crippen LogP contribution in [-0.4, -0.2) is 21.4 Å². The van der Waals surface area contributed by atoms with Gasteiger partial charge in [0.05, 0.1) is 13.2 Å².